The van der Waals surface area contributed by atoms with Crippen molar-refractivity contribution in [3.8, 4) is 11.3 Å². The van der Waals surface area contributed by atoms with Crippen molar-refractivity contribution in [1.82, 2.24) is 9.88 Å². The summed E-state index contributed by atoms with van der Waals surface area (Å²) < 4.78 is 11.6. The van der Waals surface area contributed by atoms with E-state index in [1.165, 1.54) is 0 Å². The van der Waals surface area contributed by atoms with Crippen molar-refractivity contribution >= 4 is 22.8 Å². The molecule has 0 bridgehead atoms. The van der Waals surface area contributed by atoms with Crippen LogP contribution in [0, 0.1) is 0 Å². The Balaban J connectivity index is 1.44. The molecule has 1 amide bonds. The number of likely N-dealkylation sites (tertiary alicyclic amines) is 1. The molecule has 0 saturated carbocycles. The van der Waals surface area contributed by atoms with Crippen LogP contribution in [-0.2, 0) is 4.74 Å². The molecule has 1 aliphatic rings. The number of aromatic nitrogens is 1. The fraction of sp³-hybridized carbons (Fsp3) is 0.444. The van der Waals surface area contributed by atoms with E-state index in [1.54, 1.807) is 11.1 Å². The van der Waals surface area contributed by atoms with Gasteiger partial charge in [-0.15, -0.1) is 0 Å². The van der Waals surface area contributed by atoms with Crippen molar-refractivity contribution in [2.24, 2.45) is 0 Å². The Morgan fingerprint density at radius 2 is 1.82 bits per heavy atom. The SMILES string of the molecule is CCCC(=O)c1ccc(-c2cc3cc(C4CCN(C(=O)OC(C)(C)C)CC4)oc3cn2)cc1. The zero-order valence-electron chi connectivity index (χ0n) is 19.9. The Morgan fingerprint density at radius 1 is 1.12 bits per heavy atom. The van der Waals surface area contributed by atoms with Gasteiger partial charge in [0.05, 0.1) is 11.9 Å². The number of nitrogens with zero attached hydrogens (tertiary/aromatic N) is 2. The number of piperidine rings is 1. The highest BCUT2D eigenvalue weighted by Crippen LogP contribution is 2.33. The zero-order valence-corrected chi connectivity index (χ0v) is 19.9. The molecular formula is C27H32N2O4. The Morgan fingerprint density at radius 3 is 2.45 bits per heavy atom. The van der Waals surface area contributed by atoms with Crippen molar-refractivity contribution in [3.05, 3.63) is 53.9 Å². The van der Waals surface area contributed by atoms with Crippen molar-refractivity contribution in [2.75, 3.05) is 13.1 Å². The minimum Gasteiger partial charge on any atom is -0.459 e. The molecule has 0 spiro atoms. The molecule has 1 fully saturated rings. The molecule has 3 aromatic rings. The monoisotopic (exact) mass is 448 g/mol. The Kier molecular flexibility index (Phi) is 6.54. The molecule has 6 heteroatoms. The predicted octanol–water partition coefficient (Wildman–Crippen LogP) is 6.59. The van der Waals surface area contributed by atoms with Crippen LogP contribution in [0.25, 0.3) is 22.2 Å². The molecule has 1 aromatic carbocycles. The van der Waals surface area contributed by atoms with Gasteiger partial charge in [-0.3, -0.25) is 9.78 Å². The first-order chi connectivity index (χ1) is 15.7. The lowest BCUT2D eigenvalue weighted by Crippen LogP contribution is -2.41. The third-order valence-electron chi connectivity index (χ3n) is 5.95. The molecule has 0 radical (unpaired) electrons. The summed E-state index contributed by atoms with van der Waals surface area (Å²) in [5, 5.41) is 1.01. The number of amides is 1. The van der Waals surface area contributed by atoms with E-state index in [-0.39, 0.29) is 17.8 Å². The van der Waals surface area contributed by atoms with Crippen LogP contribution in [0.2, 0.25) is 0 Å². The quantitative estimate of drug-likeness (QED) is 0.412. The molecule has 0 aliphatic carbocycles. The van der Waals surface area contributed by atoms with Crippen LogP contribution in [0.5, 0.6) is 0 Å². The largest absolute Gasteiger partial charge is 0.459 e. The van der Waals surface area contributed by atoms with E-state index in [0.29, 0.717) is 19.5 Å². The number of hydrogen-bond donors (Lipinski definition) is 0. The van der Waals surface area contributed by atoms with Gasteiger partial charge in [-0.2, -0.15) is 0 Å². The standard InChI is InChI=1S/C27H32N2O4/c1-5-6-23(30)19-9-7-18(8-10-19)22-15-21-16-24(32-25(21)17-28-22)20-11-13-29(14-12-20)26(31)33-27(2,3)4/h7-10,15-17,20H,5-6,11-14H2,1-4H3. The molecule has 0 atom stereocenters. The summed E-state index contributed by atoms with van der Waals surface area (Å²) >= 11 is 0. The second kappa shape index (κ2) is 9.38. The number of ether oxygens (including phenoxy) is 1. The molecule has 1 aliphatic heterocycles. The number of fused-ring (bicyclic) bond motifs is 1. The summed E-state index contributed by atoms with van der Waals surface area (Å²) in [6.45, 7) is 8.97. The van der Waals surface area contributed by atoms with E-state index < -0.39 is 5.60 Å². The molecule has 3 heterocycles. The van der Waals surface area contributed by atoms with Crippen LogP contribution in [-0.4, -0.2) is 40.5 Å². The normalized spacial score (nSPS) is 15.1. The minimum atomic E-state index is -0.483. The first-order valence-electron chi connectivity index (χ1n) is 11.7. The maximum atomic E-state index is 12.3. The van der Waals surface area contributed by atoms with Crippen molar-refractivity contribution < 1.29 is 18.7 Å². The van der Waals surface area contributed by atoms with Crippen molar-refractivity contribution in [2.45, 2.75) is 64.9 Å². The summed E-state index contributed by atoms with van der Waals surface area (Å²) in [4.78, 5) is 30.7. The van der Waals surface area contributed by atoms with Crippen LogP contribution < -0.4 is 0 Å². The van der Waals surface area contributed by atoms with E-state index in [9.17, 15) is 9.59 Å². The minimum absolute atomic E-state index is 0.171. The maximum Gasteiger partial charge on any atom is 0.410 e. The van der Waals surface area contributed by atoms with Gasteiger partial charge >= 0.3 is 6.09 Å². The molecule has 0 unspecified atom stereocenters. The Bertz CT molecular complexity index is 1130. The van der Waals surface area contributed by atoms with Crippen LogP contribution in [0.3, 0.4) is 0 Å². The van der Waals surface area contributed by atoms with Gasteiger partial charge in [0, 0.05) is 41.9 Å². The van der Waals surface area contributed by atoms with E-state index in [1.807, 2.05) is 58.0 Å². The number of pyridine rings is 1. The number of hydrogen-bond acceptors (Lipinski definition) is 5. The summed E-state index contributed by atoms with van der Waals surface area (Å²) in [6, 6.07) is 11.8. The van der Waals surface area contributed by atoms with E-state index >= 15 is 0 Å². The molecule has 2 aromatic heterocycles. The first-order valence-corrected chi connectivity index (χ1v) is 11.7. The summed E-state index contributed by atoms with van der Waals surface area (Å²) in [6.07, 6.45) is 4.61. The second-order valence-corrected chi connectivity index (χ2v) is 9.75. The zero-order chi connectivity index (χ0) is 23.6. The van der Waals surface area contributed by atoms with Gasteiger partial charge in [0.25, 0.3) is 0 Å². The second-order valence-electron chi connectivity index (χ2n) is 9.75. The summed E-state index contributed by atoms with van der Waals surface area (Å²) in [7, 11) is 0. The highest BCUT2D eigenvalue weighted by molar-refractivity contribution is 5.96. The number of Topliss-reactive ketones (excluding diaryl/α,β-unsaturated/α-hetero) is 1. The van der Waals surface area contributed by atoms with Gasteiger partial charge in [0.15, 0.2) is 11.4 Å². The van der Waals surface area contributed by atoms with Crippen molar-refractivity contribution in [3.63, 3.8) is 0 Å². The fourth-order valence-electron chi connectivity index (χ4n) is 4.20. The number of carbonyl (C=O) groups excluding carboxylic acids is 2. The van der Waals surface area contributed by atoms with Gasteiger partial charge in [-0.25, -0.2) is 4.79 Å². The highest BCUT2D eigenvalue weighted by atomic mass is 16.6. The van der Waals surface area contributed by atoms with Gasteiger partial charge < -0.3 is 14.1 Å². The number of benzene rings is 1. The number of rotatable bonds is 5. The van der Waals surface area contributed by atoms with E-state index in [0.717, 1.165) is 52.8 Å². The number of furan rings is 1. The topological polar surface area (TPSA) is 72.6 Å². The van der Waals surface area contributed by atoms with Gasteiger partial charge in [0.2, 0.25) is 0 Å². The molecular weight excluding hydrogens is 416 g/mol. The van der Waals surface area contributed by atoms with E-state index in [4.69, 9.17) is 9.15 Å². The van der Waals surface area contributed by atoms with Gasteiger partial charge in [-0.05, 0) is 52.2 Å². The average molecular weight is 449 g/mol. The molecule has 0 N–H and O–H groups in total. The molecule has 33 heavy (non-hydrogen) atoms. The maximum absolute atomic E-state index is 12.3. The van der Waals surface area contributed by atoms with Gasteiger partial charge in [0.1, 0.15) is 11.4 Å². The lowest BCUT2D eigenvalue weighted by atomic mass is 9.94. The molecule has 4 rings (SSSR count). The lowest BCUT2D eigenvalue weighted by molar-refractivity contribution is 0.0200. The lowest BCUT2D eigenvalue weighted by Gasteiger charge is -2.32. The van der Waals surface area contributed by atoms with Crippen LogP contribution in [0.4, 0.5) is 4.79 Å². The molecule has 6 nitrogen and oxygen atoms in total. The fourth-order valence-corrected chi connectivity index (χ4v) is 4.20. The van der Waals surface area contributed by atoms with Crippen LogP contribution in [0.1, 0.15) is 75.4 Å². The highest BCUT2D eigenvalue weighted by Gasteiger charge is 2.29. The molecule has 1 saturated heterocycles. The predicted molar refractivity (Wildman–Crippen MR) is 128 cm³/mol. The van der Waals surface area contributed by atoms with Gasteiger partial charge in [-0.1, -0.05) is 31.2 Å². The third kappa shape index (κ3) is 5.44. The van der Waals surface area contributed by atoms with E-state index in [2.05, 4.69) is 11.1 Å². The third-order valence-corrected chi connectivity index (χ3v) is 5.95. The number of ketones is 1. The molecule has 174 valence electrons. The Hall–Kier alpha value is -3.15. The summed E-state index contributed by atoms with van der Waals surface area (Å²) in [5.74, 6) is 1.38. The van der Waals surface area contributed by atoms with Crippen LogP contribution >= 0.6 is 0 Å². The van der Waals surface area contributed by atoms with Crippen LogP contribution in [0.15, 0.2) is 47.0 Å². The average Bonchev–Trinajstić information content (AvgIpc) is 3.22. The number of carbonyl (C=O) groups is 2. The van der Waals surface area contributed by atoms with Crippen molar-refractivity contribution in [1.29, 1.82) is 0 Å². The smallest absolute Gasteiger partial charge is 0.410 e. The first kappa shape index (κ1) is 23.0. The Labute approximate surface area is 194 Å². The summed E-state index contributed by atoms with van der Waals surface area (Å²) in [5.41, 5.74) is 2.84.